The molecule has 1 heterocycles. The normalized spacial score (nSPS) is 13.2. The van der Waals surface area contributed by atoms with Crippen molar-refractivity contribution in [3.05, 3.63) is 64.7 Å². The number of alkyl halides is 3. The molecule has 0 fully saturated rings. The van der Waals surface area contributed by atoms with Gasteiger partial charge in [-0.25, -0.2) is 4.39 Å². The number of hydrogen-bond donors (Lipinski definition) is 1. The molecule has 0 radical (unpaired) electrons. The first-order valence-corrected chi connectivity index (χ1v) is 6.39. The summed E-state index contributed by atoms with van der Waals surface area (Å²) in [5, 5.41) is 2.05. The van der Waals surface area contributed by atoms with Crippen LogP contribution in [0.15, 0.2) is 42.7 Å². The molecule has 7 heteroatoms. The van der Waals surface area contributed by atoms with E-state index in [0.29, 0.717) is 5.56 Å². The van der Waals surface area contributed by atoms with Crippen molar-refractivity contribution in [3.63, 3.8) is 0 Å². The van der Waals surface area contributed by atoms with E-state index in [-0.39, 0.29) is 17.1 Å². The lowest BCUT2D eigenvalue weighted by molar-refractivity contribution is -0.158. The third-order valence-corrected chi connectivity index (χ3v) is 3.13. The zero-order valence-corrected chi connectivity index (χ0v) is 11.4. The van der Waals surface area contributed by atoms with E-state index in [9.17, 15) is 17.6 Å². The lowest BCUT2D eigenvalue weighted by atomic mass is 10.1. The van der Waals surface area contributed by atoms with Gasteiger partial charge in [0.05, 0.1) is 5.02 Å². The second-order valence-corrected chi connectivity index (χ2v) is 4.80. The lowest BCUT2D eigenvalue weighted by Gasteiger charge is -2.22. The van der Waals surface area contributed by atoms with E-state index in [2.05, 4.69) is 10.3 Å². The van der Waals surface area contributed by atoms with Crippen LogP contribution in [-0.4, -0.2) is 11.2 Å². The van der Waals surface area contributed by atoms with Crippen LogP contribution in [0.4, 0.5) is 17.6 Å². The Morgan fingerprint density at radius 1 is 1.24 bits per heavy atom. The van der Waals surface area contributed by atoms with Crippen molar-refractivity contribution in [1.82, 2.24) is 10.3 Å². The van der Waals surface area contributed by atoms with Gasteiger partial charge in [-0.05, 0) is 29.3 Å². The molecule has 2 rings (SSSR count). The van der Waals surface area contributed by atoms with Crippen LogP contribution in [0.25, 0.3) is 0 Å². The first-order chi connectivity index (χ1) is 9.88. The van der Waals surface area contributed by atoms with Gasteiger partial charge in [0, 0.05) is 18.9 Å². The van der Waals surface area contributed by atoms with E-state index in [1.165, 1.54) is 12.4 Å². The van der Waals surface area contributed by atoms with Crippen molar-refractivity contribution in [2.24, 2.45) is 0 Å². The number of halogens is 5. The molecule has 0 spiro atoms. The van der Waals surface area contributed by atoms with Crippen LogP contribution in [0, 0.1) is 5.82 Å². The molecule has 0 amide bonds. The van der Waals surface area contributed by atoms with Crippen molar-refractivity contribution >= 4 is 11.6 Å². The van der Waals surface area contributed by atoms with E-state index in [1.54, 1.807) is 12.1 Å². The summed E-state index contributed by atoms with van der Waals surface area (Å²) in [6, 6.07) is 4.32. The molecule has 0 saturated carbocycles. The van der Waals surface area contributed by atoms with Gasteiger partial charge >= 0.3 is 6.18 Å². The van der Waals surface area contributed by atoms with Gasteiger partial charge in [0.15, 0.2) is 0 Å². The molecule has 0 unspecified atom stereocenters. The molecule has 0 saturated heterocycles. The molecule has 0 aliphatic carbocycles. The molecule has 21 heavy (non-hydrogen) atoms. The number of nitrogens with one attached hydrogen (secondary N) is 1. The van der Waals surface area contributed by atoms with Crippen LogP contribution < -0.4 is 5.32 Å². The average molecular weight is 319 g/mol. The quantitative estimate of drug-likeness (QED) is 0.852. The van der Waals surface area contributed by atoms with E-state index in [1.807, 2.05) is 0 Å². The molecule has 1 aromatic heterocycles. The van der Waals surface area contributed by atoms with Crippen molar-refractivity contribution in [2.45, 2.75) is 18.8 Å². The van der Waals surface area contributed by atoms with Gasteiger partial charge in [0.2, 0.25) is 0 Å². The van der Waals surface area contributed by atoms with Gasteiger partial charge in [0.25, 0.3) is 0 Å². The van der Waals surface area contributed by atoms with Crippen LogP contribution in [0.1, 0.15) is 17.2 Å². The lowest BCUT2D eigenvalue weighted by Crippen LogP contribution is -2.33. The topological polar surface area (TPSA) is 24.9 Å². The fourth-order valence-electron chi connectivity index (χ4n) is 1.84. The van der Waals surface area contributed by atoms with Gasteiger partial charge in [-0.3, -0.25) is 10.3 Å². The summed E-state index contributed by atoms with van der Waals surface area (Å²) in [7, 11) is 0. The Bertz CT molecular complexity index is 602. The highest BCUT2D eigenvalue weighted by molar-refractivity contribution is 6.30. The number of nitrogens with zero attached hydrogens (tertiary/aromatic N) is 1. The third-order valence-electron chi connectivity index (χ3n) is 2.84. The van der Waals surface area contributed by atoms with E-state index < -0.39 is 18.0 Å². The molecule has 2 aromatic rings. The molecule has 2 nitrogen and oxygen atoms in total. The van der Waals surface area contributed by atoms with Gasteiger partial charge < -0.3 is 0 Å². The minimum Gasteiger partial charge on any atom is -0.298 e. The summed E-state index contributed by atoms with van der Waals surface area (Å²) < 4.78 is 52.4. The number of aromatic nitrogens is 1. The van der Waals surface area contributed by atoms with Gasteiger partial charge in [-0.15, -0.1) is 0 Å². The van der Waals surface area contributed by atoms with Gasteiger partial charge in [-0.1, -0.05) is 23.7 Å². The second-order valence-electron chi connectivity index (χ2n) is 4.39. The molecule has 1 aromatic carbocycles. The number of hydrogen-bond acceptors (Lipinski definition) is 2. The molecule has 0 aliphatic rings. The predicted molar refractivity (Wildman–Crippen MR) is 71.3 cm³/mol. The van der Waals surface area contributed by atoms with Crippen LogP contribution >= 0.6 is 11.6 Å². The van der Waals surface area contributed by atoms with Crippen molar-refractivity contribution < 1.29 is 17.6 Å². The summed E-state index contributed by atoms with van der Waals surface area (Å²) in [6.45, 7) is -0.0208. The molecule has 112 valence electrons. The molecular formula is C14H11ClF4N2. The summed E-state index contributed by atoms with van der Waals surface area (Å²) in [5.74, 6) is -0.756. The zero-order valence-electron chi connectivity index (χ0n) is 10.7. The summed E-state index contributed by atoms with van der Waals surface area (Å²) in [5.41, 5.74) is 0.470. The first-order valence-electron chi connectivity index (χ1n) is 6.02. The molecule has 0 bridgehead atoms. The first kappa shape index (κ1) is 15.7. The van der Waals surface area contributed by atoms with E-state index in [0.717, 1.165) is 18.2 Å². The fourth-order valence-corrected chi connectivity index (χ4v) is 2.03. The maximum Gasteiger partial charge on any atom is 0.407 e. The molecule has 1 atom stereocenters. The Hall–Kier alpha value is -1.66. The zero-order chi connectivity index (χ0) is 15.5. The van der Waals surface area contributed by atoms with Crippen LogP contribution in [0.3, 0.4) is 0 Å². The average Bonchev–Trinajstić information content (AvgIpc) is 2.42. The largest absolute Gasteiger partial charge is 0.407 e. The molecular weight excluding hydrogens is 308 g/mol. The standard InChI is InChI=1S/C14H11ClF4N2/c15-11-6-10(3-4-12(11)16)13(14(17,18)19)21-8-9-2-1-5-20-7-9/h1-7,13,21H,8H2/t13-/m1/s1. The SMILES string of the molecule is Fc1ccc([C@@H](NCc2cccnc2)C(F)(F)F)cc1Cl. The number of benzene rings is 1. The van der Waals surface area contributed by atoms with Crippen molar-refractivity contribution in [1.29, 1.82) is 0 Å². The van der Waals surface area contributed by atoms with Crippen LogP contribution in [0.5, 0.6) is 0 Å². The maximum atomic E-state index is 13.1. The molecule has 0 aliphatic heterocycles. The number of rotatable bonds is 4. The van der Waals surface area contributed by atoms with Gasteiger partial charge in [-0.2, -0.15) is 13.2 Å². The summed E-state index contributed by atoms with van der Waals surface area (Å²) in [6.07, 6.45) is -1.52. The van der Waals surface area contributed by atoms with Crippen LogP contribution in [-0.2, 0) is 6.54 Å². The smallest absolute Gasteiger partial charge is 0.298 e. The van der Waals surface area contributed by atoms with Gasteiger partial charge in [0.1, 0.15) is 11.9 Å². The Labute approximate surface area is 123 Å². The Balaban J connectivity index is 2.21. The second kappa shape index (κ2) is 6.41. The van der Waals surface area contributed by atoms with Crippen molar-refractivity contribution in [3.8, 4) is 0 Å². The highest BCUT2D eigenvalue weighted by Gasteiger charge is 2.40. The van der Waals surface area contributed by atoms with E-state index in [4.69, 9.17) is 11.6 Å². The highest BCUT2D eigenvalue weighted by Crippen LogP contribution is 2.34. The Morgan fingerprint density at radius 3 is 2.57 bits per heavy atom. The maximum absolute atomic E-state index is 13.1. The van der Waals surface area contributed by atoms with Crippen molar-refractivity contribution in [2.75, 3.05) is 0 Å². The summed E-state index contributed by atoms with van der Waals surface area (Å²) >= 11 is 5.55. The van der Waals surface area contributed by atoms with E-state index >= 15 is 0 Å². The minimum atomic E-state index is -4.52. The number of pyridine rings is 1. The fraction of sp³-hybridized carbons (Fsp3) is 0.214. The third kappa shape index (κ3) is 4.15. The Kier molecular flexibility index (Phi) is 4.80. The highest BCUT2D eigenvalue weighted by atomic mass is 35.5. The predicted octanol–water partition coefficient (Wildman–Crippen LogP) is 4.27. The van der Waals surface area contributed by atoms with Crippen LogP contribution in [0.2, 0.25) is 5.02 Å². The molecule has 1 N–H and O–H groups in total. The monoisotopic (exact) mass is 318 g/mol. The Morgan fingerprint density at radius 2 is 2.00 bits per heavy atom. The summed E-state index contributed by atoms with van der Waals surface area (Å²) in [4.78, 5) is 3.83. The minimum absolute atomic E-state index is 0.0208.